The SMILES string of the molecule is CSc1cc(CC(=O)O)n(C)c1C(=O)c1ccc(C#N)cc1. The van der Waals surface area contributed by atoms with Gasteiger partial charge in [0.1, 0.15) is 5.69 Å². The highest BCUT2D eigenvalue weighted by Gasteiger charge is 2.21. The van der Waals surface area contributed by atoms with Gasteiger partial charge in [-0.3, -0.25) is 9.59 Å². The molecule has 0 bridgehead atoms. The van der Waals surface area contributed by atoms with E-state index in [4.69, 9.17) is 10.4 Å². The van der Waals surface area contributed by atoms with Crippen molar-refractivity contribution >= 4 is 23.5 Å². The minimum atomic E-state index is -0.939. The maximum Gasteiger partial charge on any atom is 0.309 e. The molecule has 22 heavy (non-hydrogen) atoms. The molecule has 2 aromatic rings. The maximum absolute atomic E-state index is 12.7. The van der Waals surface area contributed by atoms with Crippen molar-refractivity contribution in [2.24, 2.45) is 7.05 Å². The normalized spacial score (nSPS) is 10.2. The summed E-state index contributed by atoms with van der Waals surface area (Å²) >= 11 is 1.40. The third kappa shape index (κ3) is 3.05. The highest BCUT2D eigenvalue weighted by Crippen LogP contribution is 2.27. The monoisotopic (exact) mass is 314 g/mol. The van der Waals surface area contributed by atoms with E-state index < -0.39 is 5.97 Å². The second-order valence-corrected chi connectivity index (χ2v) is 5.55. The van der Waals surface area contributed by atoms with Gasteiger partial charge in [-0.2, -0.15) is 5.26 Å². The highest BCUT2D eigenvalue weighted by atomic mass is 32.2. The maximum atomic E-state index is 12.7. The third-order valence-electron chi connectivity index (χ3n) is 3.34. The van der Waals surface area contributed by atoms with Gasteiger partial charge in [0, 0.05) is 23.2 Å². The van der Waals surface area contributed by atoms with Gasteiger partial charge in [0.15, 0.2) is 0 Å². The van der Waals surface area contributed by atoms with Gasteiger partial charge < -0.3 is 9.67 Å². The van der Waals surface area contributed by atoms with Crippen molar-refractivity contribution in [2.45, 2.75) is 11.3 Å². The summed E-state index contributed by atoms with van der Waals surface area (Å²) in [6, 6.07) is 10.1. The quantitative estimate of drug-likeness (QED) is 0.677. The number of carboxylic acid groups (broad SMARTS) is 1. The molecule has 0 saturated carbocycles. The van der Waals surface area contributed by atoms with Crippen LogP contribution >= 0.6 is 11.8 Å². The minimum absolute atomic E-state index is 0.134. The van der Waals surface area contributed by atoms with E-state index in [9.17, 15) is 9.59 Å². The van der Waals surface area contributed by atoms with Crippen molar-refractivity contribution < 1.29 is 14.7 Å². The molecule has 1 N–H and O–H groups in total. The Balaban J connectivity index is 2.46. The predicted molar refractivity (Wildman–Crippen MR) is 83.1 cm³/mol. The van der Waals surface area contributed by atoms with E-state index >= 15 is 0 Å². The second-order valence-electron chi connectivity index (χ2n) is 4.70. The number of nitriles is 1. The first kappa shape index (κ1) is 15.9. The van der Waals surface area contributed by atoms with Crippen molar-refractivity contribution in [1.29, 1.82) is 5.26 Å². The minimum Gasteiger partial charge on any atom is -0.481 e. The van der Waals surface area contributed by atoms with Crippen LogP contribution in [0.5, 0.6) is 0 Å². The first-order valence-corrected chi connectivity index (χ1v) is 7.69. The molecule has 2 rings (SSSR count). The van der Waals surface area contributed by atoms with E-state index in [1.807, 2.05) is 12.3 Å². The van der Waals surface area contributed by atoms with Crippen LogP contribution in [0.15, 0.2) is 35.2 Å². The number of carbonyl (C=O) groups is 2. The van der Waals surface area contributed by atoms with Crippen molar-refractivity contribution in [3.63, 3.8) is 0 Å². The van der Waals surface area contributed by atoms with Gasteiger partial charge in [0.25, 0.3) is 0 Å². The molecule has 0 atom stereocenters. The fourth-order valence-corrected chi connectivity index (χ4v) is 2.88. The van der Waals surface area contributed by atoms with Crippen LogP contribution in [-0.2, 0) is 18.3 Å². The van der Waals surface area contributed by atoms with Crippen LogP contribution in [0.3, 0.4) is 0 Å². The molecule has 0 radical (unpaired) electrons. The Morgan fingerprint density at radius 2 is 1.95 bits per heavy atom. The molecule has 0 spiro atoms. The molecule has 1 aromatic heterocycles. The number of rotatable bonds is 5. The zero-order valence-electron chi connectivity index (χ0n) is 12.2. The van der Waals surface area contributed by atoms with E-state index in [-0.39, 0.29) is 12.2 Å². The van der Waals surface area contributed by atoms with Crippen LogP contribution in [0.1, 0.15) is 27.3 Å². The molecule has 112 valence electrons. The molecule has 6 heteroatoms. The lowest BCUT2D eigenvalue weighted by Crippen LogP contribution is -2.12. The summed E-state index contributed by atoms with van der Waals surface area (Å²) in [5.74, 6) is -1.13. The number of benzene rings is 1. The molecular formula is C16H14N2O3S. The molecule has 1 aromatic carbocycles. The van der Waals surface area contributed by atoms with Crippen LogP contribution in [-0.4, -0.2) is 27.7 Å². The molecule has 0 aliphatic rings. The molecular weight excluding hydrogens is 300 g/mol. The summed E-state index contributed by atoms with van der Waals surface area (Å²) in [7, 11) is 1.69. The topological polar surface area (TPSA) is 83.1 Å². The van der Waals surface area contributed by atoms with E-state index in [1.165, 1.54) is 11.8 Å². The Hall–Kier alpha value is -2.52. The van der Waals surface area contributed by atoms with Gasteiger partial charge in [-0.05, 0) is 36.6 Å². The van der Waals surface area contributed by atoms with Crippen molar-refractivity contribution in [2.75, 3.05) is 6.26 Å². The number of carbonyl (C=O) groups excluding carboxylic acids is 1. The lowest BCUT2D eigenvalue weighted by atomic mass is 10.1. The van der Waals surface area contributed by atoms with Gasteiger partial charge in [-0.1, -0.05) is 0 Å². The number of carboxylic acids is 1. The van der Waals surface area contributed by atoms with Gasteiger partial charge in [-0.15, -0.1) is 11.8 Å². The zero-order chi connectivity index (χ0) is 16.3. The molecule has 5 nitrogen and oxygen atoms in total. The molecule has 1 heterocycles. The number of hydrogen-bond acceptors (Lipinski definition) is 4. The van der Waals surface area contributed by atoms with Crippen LogP contribution < -0.4 is 0 Å². The van der Waals surface area contributed by atoms with Gasteiger partial charge in [-0.25, -0.2) is 0 Å². The van der Waals surface area contributed by atoms with E-state index in [2.05, 4.69) is 0 Å². The Labute approximate surface area is 132 Å². The number of aliphatic carboxylic acids is 1. The van der Waals surface area contributed by atoms with E-state index in [0.717, 1.165) is 4.90 Å². The average molecular weight is 314 g/mol. The highest BCUT2D eigenvalue weighted by molar-refractivity contribution is 7.98. The Kier molecular flexibility index (Phi) is 4.68. The summed E-state index contributed by atoms with van der Waals surface area (Å²) in [6.45, 7) is 0. The summed E-state index contributed by atoms with van der Waals surface area (Å²) < 4.78 is 1.63. The largest absolute Gasteiger partial charge is 0.481 e. The zero-order valence-corrected chi connectivity index (χ0v) is 13.0. The third-order valence-corrected chi connectivity index (χ3v) is 4.09. The molecule has 0 fully saturated rings. The Morgan fingerprint density at radius 1 is 1.32 bits per heavy atom. The number of ketones is 1. The number of hydrogen-bond donors (Lipinski definition) is 1. The van der Waals surface area contributed by atoms with Crippen molar-refractivity contribution in [1.82, 2.24) is 4.57 Å². The van der Waals surface area contributed by atoms with E-state index in [1.54, 1.807) is 41.9 Å². The number of thioether (sulfide) groups is 1. The summed E-state index contributed by atoms with van der Waals surface area (Å²) in [4.78, 5) is 24.3. The fraction of sp³-hybridized carbons (Fsp3) is 0.188. The van der Waals surface area contributed by atoms with Crippen LogP contribution in [0.25, 0.3) is 0 Å². The first-order valence-electron chi connectivity index (χ1n) is 6.47. The standard InChI is InChI=1S/C16H14N2O3S/c1-18-12(8-14(19)20)7-13(22-2)15(18)16(21)11-5-3-10(9-17)4-6-11/h3-7H,8H2,1-2H3,(H,19,20). The lowest BCUT2D eigenvalue weighted by molar-refractivity contribution is -0.136. The smallest absolute Gasteiger partial charge is 0.309 e. The van der Waals surface area contributed by atoms with Gasteiger partial charge in [0.05, 0.1) is 18.1 Å². The molecule has 0 aliphatic carbocycles. The molecule has 0 aliphatic heterocycles. The molecule has 0 saturated heterocycles. The Morgan fingerprint density at radius 3 is 2.45 bits per heavy atom. The average Bonchev–Trinajstić information content (AvgIpc) is 2.82. The van der Waals surface area contributed by atoms with Crippen molar-refractivity contribution in [3.05, 3.63) is 52.8 Å². The number of nitrogens with zero attached hydrogens (tertiary/aromatic N) is 2. The number of aromatic nitrogens is 1. The molecule has 0 amide bonds. The van der Waals surface area contributed by atoms with Gasteiger partial charge >= 0.3 is 5.97 Å². The van der Waals surface area contributed by atoms with Crippen molar-refractivity contribution in [3.8, 4) is 6.07 Å². The second kappa shape index (κ2) is 6.50. The van der Waals surface area contributed by atoms with Gasteiger partial charge in [0.2, 0.25) is 5.78 Å². The Bertz CT molecular complexity index is 770. The summed E-state index contributed by atoms with van der Waals surface area (Å²) in [5.41, 5.74) is 2.00. The predicted octanol–water partition coefficient (Wildman–Crippen LogP) is 2.48. The van der Waals surface area contributed by atoms with E-state index in [0.29, 0.717) is 22.5 Å². The summed E-state index contributed by atoms with van der Waals surface area (Å²) in [5, 5.41) is 17.7. The first-order chi connectivity index (χ1) is 10.5. The summed E-state index contributed by atoms with van der Waals surface area (Å²) in [6.07, 6.45) is 1.71. The van der Waals surface area contributed by atoms with Crippen LogP contribution in [0.2, 0.25) is 0 Å². The lowest BCUT2D eigenvalue weighted by Gasteiger charge is -2.07. The van der Waals surface area contributed by atoms with Crippen LogP contribution in [0, 0.1) is 11.3 Å². The molecule has 0 unspecified atom stereocenters. The van der Waals surface area contributed by atoms with Crippen LogP contribution in [0.4, 0.5) is 0 Å². The fourth-order valence-electron chi connectivity index (χ4n) is 2.20.